The molecule has 1 aromatic heterocycles. The van der Waals surface area contributed by atoms with E-state index in [-0.39, 0.29) is 0 Å². The summed E-state index contributed by atoms with van der Waals surface area (Å²) in [5, 5.41) is 1.30. The lowest BCUT2D eigenvalue weighted by molar-refractivity contribution is 0.416. The number of aryl methyl sites for hydroxylation is 1. The van der Waals surface area contributed by atoms with Crippen molar-refractivity contribution in [3.8, 4) is 17.0 Å². The molecule has 1 heterocycles. The number of H-pyrrole nitrogens is 1. The molecule has 0 aliphatic rings. The number of ether oxygens (including phenoxy) is 1. The van der Waals surface area contributed by atoms with E-state index in [1.807, 2.05) is 12.1 Å². The van der Waals surface area contributed by atoms with Gasteiger partial charge in [0.15, 0.2) is 0 Å². The minimum Gasteiger partial charge on any atom is -0.496 e. The SMILES string of the molecule is COc1ccccc1-c1[nH]c2ccc(I)cc2c1CCCCN. The van der Waals surface area contributed by atoms with Crippen molar-refractivity contribution < 1.29 is 4.74 Å². The highest BCUT2D eigenvalue weighted by Gasteiger charge is 2.16. The van der Waals surface area contributed by atoms with Gasteiger partial charge in [0, 0.05) is 20.0 Å². The van der Waals surface area contributed by atoms with Gasteiger partial charge < -0.3 is 15.5 Å². The molecule has 0 amide bonds. The van der Waals surface area contributed by atoms with Gasteiger partial charge in [-0.15, -0.1) is 0 Å². The van der Waals surface area contributed by atoms with E-state index in [9.17, 15) is 0 Å². The van der Waals surface area contributed by atoms with Gasteiger partial charge in [0.1, 0.15) is 5.75 Å². The van der Waals surface area contributed by atoms with Crippen LogP contribution in [0, 0.1) is 3.57 Å². The van der Waals surface area contributed by atoms with E-state index in [0.29, 0.717) is 0 Å². The molecule has 23 heavy (non-hydrogen) atoms. The number of methoxy groups -OCH3 is 1. The number of nitrogens with two attached hydrogens (primary N) is 1. The molecule has 0 bridgehead atoms. The van der Waals surface area contributed by atoms with E-state index in [2.05, 4.69) is 57.9 Å². The summed E-state index contributed by atoms with van der Waals surface area (Å²) in [6.45, 7) is 0.740. The van der Waals surface area contributed by atoms with Crippen molar-refractivity contribution in [3.05, 3.63) is 51.6 Å². The minimum absolute atomic E-state index is 0.740. The number of benzene rings is 2. The van der Waals surface area contributed by atoms with Crippen LogP contribution in [0.2, 0.25) is 0 Å². The summed E-state index contributed by atoms with van der Waals surface area (Å²) in [5.74, 6) is 0.897. The second-order valence-electron chi connectivity index (χ2n) is 5.61. The van der Waals surface area contributed by atoms with Crippen LogP contribution in [0.3, 0.4) is 0 Å². The Labute approximate surface area is 150 Å². The molecule has 0 saturated carbocycles. The molecular formula is C19H21IN2O. The number of aromatic amines is 1. The molecule has 120 valence electrons. The molecular weight excluding hydrogens is 399 g/mol. The number of aromatic nitrogens is 1. The van der Waals surface area contributed by atoms with E-state index < -0.39 is 0 Å². The van der Waals surface area contributed by atoms with Crippen LogP contribution in [-0.4, -0.2) is 18.6 Å². The molecule has 3 nitrogen and oxygen atoms in total. The average molecular weight is 420 g/mol. The molecule has 4 heteroatoms. The number of unbranched alkanes of at least 4 members (excludes halogenated alkanes) is 1. The number of nitrogens with one attached hydrogen (secondary N) is 1. The summed E-state index contributed by atoms with van der Waals surface area (Å²) in [7, 11) is 1.72. The third kappa shape index (κ3) is 3.38. The van der Waals surface area contributed by atoms with Gasteiger partial charge in [-0.1, -0.05) is 12.1 Å². The smallest absolute Gasteiger partial charge is 0.128 e. The van der Waals surface area contributed by atoms with Crippen molar-refractivity contribution in [1.82, 2.24) is 4.98 Å². The molecule has 3 N–H and O–H groups in total. The first-order valence-corrected chi connectivity index (χ1v) is 8.96. The zero-order chi connectivity index (χ0) is 16.2. The van der Waals surface area contributed by atoms with Gasteiger partial charge >= 0.3 is 0 Å². The Balaban J connectivity index is 2.16. The molecule has 0 unspecified atom stereocenters. The third-order valence-electron chi connectivity index (χ3n) is 4.13. The van der Waals surface area contributed by atoms with E-state index in [4.69, 9.17) is 10.5 Å². The largest absolute Gasteiger partial charge is 0.496 e. The van der Waals surface area contributed by atoms with Gasteiger partial charge in [0.25, 0.3) is 0 Å². The van der Waals surface area contributed by atoms with Gasteiger partial charge in [-0.05, 0) is 84.3 Å². The highest BCUT2D eigenvalue weighted by molar-refractivity contribution is 14.1. The van der Waals surface area contributed by atoms with Gasteiger partial charge in [-0.3, -0.25) is 0 Å². The Morgan fingerprint density at radius 3 is 2.74 bits per heavy atom. The Bertz CT molecular complexity index is 810. The van der Waals surface area contributed by atoms with Crippen LogP contribution in [0.1, 0.15) is 18.4 Å². The quantitative estimate of drug-likeness (QED) is 0.448. The number of hydrogen-bond acceptors (Lipinski definition) is 2. The first kappa shape index (κ1) is 16.3. The van der Waals surface area contributed by atoms with Gasteiger partial charge in [-0.2, -0.15) is 0 Å². The molecule has 0 radical (unpaired) electrons. The molecule has 2 aromatic carbocycles. The first-order chi connectivity index (χ1) is 11.2. The average Bonchev–Trinajstić information content (AvgIpc) is 2.93. The van der Waals surface area contributed by atoms with Crippen LogP contribution in [0.25, 0.3) is 22.2 Å². The van der Waals surface area contributed by atoms with E-state index in [0.717, 1.165) is 42.8 Å². The fourth-order valence-corrected chi connectivity index (χ4v) is 3.50. The number of halogens is 1. The third-order valence-corrected chi connectivity index (χ3v) is 4.80. The van der Waals surface area contributed by atoms with Crippen molar-refractivity contribution >= 4 is 33.5 Å². The van der Waals surface area contributed by atoms with Crippen LogP contribution in [0.5, 0.6) is 5.75 Å². The fourth-order valence-electron chi connectivity index (χ4n) is 3.01. The maximum atomic E-state index is 5.67. The van der Waals surface area contributed by atoms with Crippen molar-refractivity contribution in [2.24, 2.45) is 5.73 Å². The topological polar surface area (TPSA) is 51.0 Å². The van der Waals surface area contributed by atoms with E-state index >= 15 is 0 Å². The Hall–Kier alpha value is -1.53. The summed E-state index contributed by atoms with van der Waals surface area (Å²) >= 11 is 2.37. The van der Waals surface area contributed by atoms with Crippen molar-refractivity contribution in [2.45, 2.75) is 19.3 Å². The summed E-state index contributed by atoms with van der Waals surface area (Å²) in [4.78, 5) is 3.59. The van der Waals surface area contributed by atoms with Gasteiger partial charge in [0.05, 0.1) is 12.8 Å². The van der Waals surface area contributed by atoms with Gasteiger partial charge in [-0.25, -0.2) is 0 Å². The molecule has 0 fully saturated rings. The lowest BCUT2D eigenvalue weighted by Gasteiger charge is -2.09. The lowest BCUT2D eigenvalue weighted by Crippen LogP contribution is -1.99. The second kappa shape index (κ2) is 7.36. The number of rotatable bonds is 6. The Morgan fingerprint density at radius 1 is 1.13 bits per heavy atom. The summed E-state index contributed by atoms with van der Waals surface area (Å²) in [5.41, 5.74) is 10.5. The lowest BCUT2D eigenvalue weighted by atomic mass is 10.00. The van der Waals surface area contributed by atoms with Crippen molar-refractivity contribution in [3.63, 3.8) is 0 Å². The Morgan fingerprint density at radius 2 is 1.96 bits per heavy atom. The number of hydrogen-bond donors (Lipinski definition) is 2. The molecule has 0 atom stereocenters. The molecule has 3 aromatic rings. The monoisotopic (exact) mass is 420 g/mol. The number of para-hydroxylation sites is 1. The van der Waals surface area contributed by atoms with E-state index in [1.54, 1.807) is 7.11 Å². The van der Waals surface area contributed by atoms with Crippen molar-refractivity contribution in [2.75, 3.05) is 13.7 Å². The maximum absolute atomic E-state index is 5.67. The first-order valence-electron chi connectivity index (χ1n) is 7.88. The van der Waals surface area contributed by atoms with E-state index in [1.165, 1.54) is 20.0 Å². The highest BCUT2D eigenvalue weighted by Crippen LogP contribution is 2.36. The summed E-state index contributed by atoms with van der Waals surface area (Å²) in [6.07, 6.45) is 3.16. The van der Waals surface area contributed by atoms with Crippen molar-refractivity contribution in [1.29, 1.82) is 0 Å². The predicted octanol–water partition coefficient (Wildman–Crippen LogP) is 4.73. The summed E-state index contributed by atoms with van der Waals surface area (Å²) in [6, 6.07) is 14.7. The molecule has 0 spiro atoms. The summed E-state index contributed by atoms with van der Waals surface area (Å²) < 4.78 is 6.81. The predicted molar refractivity (Wildman–Crippen MR) is 105 cm³/mol. The van der Waals surface area contributed by atoms with Crippen LogP contribution < -0.4 is 10.5 Å². The standard InChI is InChI=1S/C19H21IN2O/c1-23-18-8-3-2-7-15(18)19-14(6-4-5-11-21)16-12-13(20)9-10-17(16)22-19/h2-3,7-10,12,22H,4-6,11,21H2,1H3. The zero-order valence-electron chi connectivity index (χ0n) is 13.2. The second-order valence-corrected chi connectivity index (χ2v) is 6.86. The highest BCUT2D eigenvalue weighted by atomic mass is 127. The zero-order valence-corrected chi connectivity index (χ0v) is 15.4. The van der Waals surface area contributed by atoms with Crippen LogP contribution >= 0.6 is 22.6 Å². The van der Waals surface area contributed by atoms with Gasteiger partial charge in [0.2, 0.25) is 0 Å². The molecule has 0 aliphatic carbocycles. The minimum atomic E-state index is 0.740. The van der Waals surface area contributed by atoms with Crippen LogP contribution in [-0.2, 0) is 6.42 Å². The fraction of sp³-hybridized carbons (Fsp3) is 0.263. The molecule has 3 rings (SSSR count). The van der Waals surface area contributed by atoms with Crippen LogP contribution in [0.4, 0.5) is 0 Å². The number of fused-ring (bicyclic) bond motifs is 1. The molecule has 0 saturated heterocycles. The maximum Gasteiger partial charge on any atom is 0.128 e. The Kier molecular flexibility index (Phi) is 5.23. The molecule has 0 aliphatic heterocycles. The normalized spacial score (nSPS) is 11.1. The van der Waals surface area contributed by atoms with Crippen LogP contribution in [0.15, 0.2) is 42.5 Å².